The standard InChI is InChI=1S/C32H25N3O3S/c33-20-24-18-23-17-22(21-7-3-1-4-8-21)11-16-28(23)34-31(24)39-29-19-30(36)35(32(29)37)25-12-14-27(15-13-25)38-26-9-5-2-6-10-26/h1-10,12-15,18,22,29H,11,16-17,19H2. The summed E-state index contributed by atoms with van der Waals surface area (Å²) in [5, 5.41) is 9.77. The lowest BCUT2D eigenvalue weighted by atomic mass is 9.82. The molecule has 4 aromatic rings. The zero-order chi connectivity index (χ0) is 26.8. The highest BCUT2D eigenvalue weighted by Gasteiger charge is 2.41. The summed E-state index contributed by atoms with van der Waals surface area (Å²) >= 11 is 1.22. The normalized spacial score (nSPS) is 18.5. The maximum absolute atomic E-state index is 13.3. The summed E-state index contributed by atoms with van der Waals surface area (Å²) in [5.74, 6) is 1.15. The molecule has 0 saturated carbocycles. The van der Waals surface area contributed by atoms with Crippen LogP contribution in [0.4, 0.5) is 5.69 Å². The second-order valence-electron chi connectivity index (χ2n) is 9.70. The lowest BCUT2D eigenvalue weighted by molar-refractivity contribution is -0.121. The molecular formula is C32H25N3O3S. The molecule has 2 atom stereocenters. The first-order valence-electron chi connectivity index (χ1n) is 12.9. The van der Waals surface area contributed by atoms with E-state index in [0.717, 1.165) is 30.5 Å². The van der Waals surface area contributed by atoms with Crippen molar-refractivity contribution in [3.8, 4) is 17.6 Å². The van der Waals surface area contributed by atoms with Gasteiger partial charge in [-0.1, -0.05) is 60.3 Å². The minimum absolute atomic E-state index is 0.0610. The van der Waals surface area contributed by atoms with Gasteiger partial charge in [0.15, 0.2) is 0 Å². The smallest absolute Gasteiger partial charge is 0.247 e. The van der Waals surface area contributed by atoms with Gasteiger partial charge in [-0.25, -0.2) is 9.88 Å². The van der Waals surface area contributed by atoms with Crippen LogP contribution in [0.25, 0.3) is 0 Å². The Hall–Kier alpha value is -4.41. The number of rotatable bonds is 6. The molecule has 39 heavy (non-hydrogen) atoms. The number of imide groups is 1. The van der Waals surface area contributed by atoms with Crippen LogP contribution in [0, 0.1) is 11.3 Å². The van der Waals surface area contributed by atoms with Crippen molar-refractivity contribution >= 4 is 29.3 Å². The van der Waals surface area contributed by atoms with E-state index < -0.39 is 5.25 Å². The average molecular weight is 532 g/mol. The molecule has 1 aliphatic carbocycles. The van der Waals surface area contributed by atoms with E-state index in [4.69, 9.17) is 9.72 Å². The Kier molecular flexibility index (Phi) is 6.87. The number of aryl methyl sites for hydroxylation is 1. The van der Waals surface area contributed by atoms with Gasteiger partial charge in [-0.3, -0.25) is 9.59 Å². The molecule has 192 valence electrons. The number of amides is 2. The highest BCUT2D eigenvalue weighted by atomic mass is 32.2. The summed E-state index contributed by atoms with van der Waals surface area (Å²) in [5.41, 5.74) is 4.32. The largest absolute Gasteiger partial charge is 0.457 e. The fourth-order valence-corrected chi connectivity index (χ4v) is 6.31. The fourth-order valence-electron chi connectivity index (χ4n) is 5.22. The summed E-state index contributed by atoms with van der Waals surface area (Å²) in [6.45, 7) is 0. The van der Waals surface area contributed by atoms with Gasteiger partial charge in [0, 0.05) is 12.1 Å². The molecule has 1 fully saturated rings. The van der Waals surface area contributed by atoms with Gasteiger partial charge in [0.1, 0.15) is 22.6 Å². The second-order valence-corrected chi connectivity index (χ2v) is 10.9. The molecule has 3 aromatic carbocycles. The summed E-state index contributed by atoms with van der Waals surface area (Å²) in [7, 11) is 0. The van der Waals surface area contributed by atoms with Crippen molar-refractivity contribution in [1.29, 1.82) is 5.26 Å². The van der Waals surface area contributed by atoms with Crippen LogP contribution in [0.2, 0.25) is 0 Å². The van der Waals surface area contributed by atoms with Gasteiger partial charge in [0.25, 0.3) is 0 Å². The van der Waals surface area contributed by atoms with E-state index in [1.54, 1.807) is 24.3 Å². The molecule has 2 amide bonds. The van der Waals surface area contributed by atoms with Crippen LogP contribution in [-0.4, -0.2) is 22.0 Å². The Balaban J connectivity index is 1.17. The molecule has 0 N–H and O–H groups in total. The number of thioether (sulfide) groups is 1. The summed E-state index contributed by atoms with van der Waals surface area (Å²) in [6.07, 6.45) is 2.70. The molecule has 7 heteroatoms. The van der Waals surface area contributed by atoms with Gasteiger partial charge in [0.2, 0.25) is 11.8 Å². The molecule has 1 saturated heterocycles. The number of hydrogen-bond acceptors (Lipinski definition) is 6. The van der Waals surface area contributed by atoms with Crippen LogP contribution in [0.3, 0.4) is 0 Å². The van der Waals surface area contributed by atoms with Gasteiger partial charge in [-0.05, 0) is 78.8 Å². The first-order valence-corrected chi connectivity index (χ1v) is 13.8. The molecule has 6 nitrogen and oxygen atoms in total. The minimum Gasteiger partial charge on any atom is -0.457 e. The SMILES string of the molecule is N#Cc1cc2c(nc1SC1CC(=O)N(c3ccc(Oc4ccccc4)cc3)C1=O)CCC(c1ccccc1)C2. The molecule has 2 heterocycles. The van der Waals surface area contributed by atoms with E-state index in [9.17, 15) is 14.9 Å². The van der Waals surface area contributed by atoms with Crippen LogP contribution >= 0.6 is 11.8 Å². The number of ether oxygens (including phenoxy) is 1. The van der Waals surface area contributed by atoms with E-state index in [0.29, 0.717) is 33.7 Å². The Morgan fingerprint density at radius 3 is 2.31 bits per heavy atom. The zero-order valence-electron chi connectivity index (χ0n) is 21.1. The number of anilines is 1. The Morgan fingerprint density at radius 2 is 1.59 bits per heavy atom. The number of nitrogens with zero attached hydrogens (tertiary/aromatic N) is 3. The molecule has 1 aromatic heterocycles. The van der Waals surface area contributed by atoms with Crippen molar-refractivity contribution in [1.82, 2.24) is 4.98 Å². The molecular weight excluding hydrogens is 506 g/mol. The number of hydrogen-bond donors (Lipinski definition) is 0. The summed E-state index contributed by atoms with van der Waals surface area (Å²) < 4.78 is 5.82. The first-order chi connectivity index (χ1) is 19.1. The lowest BCUT2D eigenvalue weighted by Gasteiger charge is -2.25. The van der Waals surface area contributed by atoms with E-state index in [2.05, 4.69) is 30.3 Å². The van der Waals surface area contributed by atoms with Crippen LogP contribution in [0.1, 0.15) is 41.1 Å². The average Bonchev–Trinajstić information content (AvgIpc) is 3.26. The number of benzene rings is 3. The van der Waals surface area contributed by atoms with Gasteiger partial charge in [-0.15, -0.1) is 0 Å². The molecule has 0 spiro atoms. The van der Waals surface area contributed by atoms with Gasteiger partial charge < -0.3 is 4.74 Å². The van der Waals surface area contributed by atoms with E-state index in [1.165, 1.54) is 22.2 Å². The number of carbonyl (C=O) groups excluding carboxylic acids is 2. The third kappa shape index (κ3) is 5.16. The van der Waals surface area contributed by atoms with Crippen molar-refractivity contribution in [2.75, 3.05) is 4.90 Å². The lowest BCUT2D eigenvalue weighted by Crippen LogP contribution is -2.31. The van der Waals surface area contributed by atoms with Crippen LogP contribution in [0.5, 0.6) is 11.5 Å². The predicted molar refractivity (Wildman–Crippen MR) is 150 cm³/mol. The summed E-state index contributed by atoms with van der Waals surface area (Å²) in [4.78, 5) is 32.3. The molecule has 0 bridgehead atoms. The summed E-state index contributed by atoms with van der Waals surface area (Å²) in [6, 6.07) is 30.9. The molecule has 1 aliphatic heterocycles. The first kappa shape index (κ1) is 24.9. The third-order valence-electron chi connectivity index (χ3n) is 7.18. The molecule has 2 unspecified atom stereocenters. The van der Waals surface area contributed by atoms with Crippen molar-refractivity contribution in [2.24, 2.45) is 0 Å². The monoisotopic (exact) mass is 531 g/mol. The Morgan fingerprint density at radius 1 is 0.897 bits per heavy atom. The Labute approximate surface area is 231 Å². The minimum atomic E-state index is -0.629. The quantitative estimate of drug-likeness (QED) is 0.266. The van der Waals surface area contributed by atoms with E-state index in [-0.39, 0.29) is 18.2 Å². The number of carbonyl (C=O) groups is 2. The van der Waals surface area contributed by atoms with Crippen molar-refractivity contribution < 1.29 is 14.3 Å². The van der Waals surface area contributed by atoms with Gasteiger partial charge in [0.05, 0.1) is 16.5 Å². The van der Waals surface area contributed by atoms with Crippen molar-refractivity contribution in [2.45, 2.75) is 41.9 Å². The number of fused-ring (bicyclic) bond motifs is 1. The third-order valence-corrected chi connectivity index (χ3v) is 8.36. The number of nitriles is 1. The molecule has 0 radical (unpaired) electrons. The number of pyridine rings is 1. The van der Waals surface area contributed by atoms with Crippen molar-refractivity contribution in [3.05, 3.63) is 113 Å². The maximum atomic E-state index is 13.3. The number of para-hydroxylation sites is 1. The molecule has 2 aliphatic rings. The highest BCUT2D eigenvalue weighted by Crippen LogP contribution is 2.38. The van der Waals surface area contributed by atoms with Crippen molar-refractivity contribution in [3.63, 3.8) is 0 Å². The van der Waals surface area contributed by atoms with Crippen LogP contribution in [-0.2, 0) is 22.4 Å². The van der Waals surface area contributed by atoms with E-state index in [1.807, 2.05) is 42.5 Å². The zero-order valence-corrected chi connectivity index (χ0v) is 21.9. The fraction of sp³-hybridized carbons (Fsp3) is 0.188. The van der Waals surface area contributed by atoms with Crippen LogP contribution < -0.4 is 9.64 Å². The number of aromatic nitrogens is 1. The van der Waals surface area contributed by atoms with Crippen LogP contribution in [0.15, 0.2) is 96.0 Å². The molecule has 6 rings (SSSR count). The van der Waals surface area contributed by atoms with E-state index >= 15 is 0 Å². The van der Waals surface area contributed by atoms with Gasteiger partial charge >= 0.3 is 0 Å². The predicted octanol–water partition coefficient (Wildman–Crippen LogP) is 6.44. The topological polar surface area (TPSA) is 83.3 Å². The highest BCUT2D eigenvalue weighted by molar-refractivity contribution is 8.00. The Bertz CT molecular complexity index is 1570. The second kappa shape index (κ2) is 10.8. The van der Waals surface area contributed by atoms with Gasteiger partial charge in [-0.2, -0.15) is 5.26 Å². The maximum Gasteiger partial charge on any atom is 0.247 e.